The van der Waals surface area contributed by atoms with E-state index >= 15 is 0 Å². The van der Waals surface area contributed by atoms with Gasteiger partial charge >= 0.3 is 0 Å². The summed E-state index contributed by atoms with van der Waals surface area (Å²) >= 11 is 0. The first-order chi connectivity index (χ1) is 10.4. The fourth-order valence-corrected chi connectivity index (χ4v) is 2.01. The van der Waals surface area contributed by atoms with E-state index in [4.69, 9.17) is 0 Å². The Bertz CT molecular complexity index is 662. The lowest BCUT2D eigenvalue weighted by molar-refractivity contribution is 0.0916. The Morgan fingerprint density at radius 2 is 2.09 bits per heavy atom. The zero-order chi connectivity index (χ0) is 16.3. The van der Waals surface area contributed by atoms with Gasteiger partial charge in [0.15, 0.2) is 11.4 Å². The normalized spacial score (nSPS) is 12.4. The van der Waals surface area contributed by atoms with Crippen LogP contribution in [-0.2, 0) is 0 Å². The van der Waals surface area contributed by atoms with Crippen molar-refractivity contribution in [2.75, 3.05) is 6.54 Å². The molecule has 0 aliphatic heterocycles. The third-order valence-corrected chi connectivity index (χ3v) is 3.27. The van der Waals surface area contributed by atoms with Crippen LogP contribution in [-0.4, -0.2) is 38.5 Å². The lowest BCUT2D eigenvalue weighted by atomic mass is 10.0. The molecule has 6 heteroatoms. The molecule has 2 aromatic rings. The van der Waals surface area contributed by atoms with Crippen molar-refractivity contribution >= 4 is 5.91 Å². The number of amides is 1. The molecule has 0 aliphatic rings. The summed E-state index contributed by atoms with van der Waals surface area (Å²) in [4.78, 5) is 11.9. The monoisotopic (exact) mass is 303 g/mol. The number of aliphatic hydroxyl groups is 1. The van der Waals surface area contributed by atoms with Gasteiger partial charge in [0.05, 0.1) is 18.0 Å². The van der Waals surface area contributed by atoms with Crippen molar-refractivity contribution in [1.29, 1.82) is 0 Å². The van der Waals surface area contributed by atoms with Crippen molar-refractivity contribution in [3.8, 4) is 11.4 Å². The molecule has 1 amide bonds. The number of nitrogens with zero attached hydrogens (tertiary/aromatic N) is 2. The third-order valence-electron chi connectivity index (χ3n) is 3.27. The van der Waals surface area contributed by atoms with Crippen molar-refractivity contribution in [1.82, 2.24) is 15.1 Å². The number of hydrogen-bond donors (Lipinski definition) is 3. The molecule has 0 aliphatic carbocycles. The third kappa shape index (κ3) is 3.65. The van der Waals surface area contributed by atoms with Gasteiger partial charge < -0.3 is 15.5 Å². The van der Waals surface area contributed by atoms with Gasteiger partial charge in [-0.25, -0.2) is 4.68 Å². The second-order valence-electron chi connectivity index (χ2n) is 5.62. The second-order valence-corrected chi connectivity index (χ2v) is 5.62. The first kappa shape index (κ1) is 16.0. The molecule has 1 atom stereocenters. The van der Waals surface area contributed by atoms with Crippen molar-refractivity contribution < 1.29 is 15.0 Å². The first-order valence-corrected chi connectivity index (χ1v) is 7.23. The molecule has 3 N–H and O–H groups in total. The largest absolute Gasteiger partial charge is 0.504 e. The molecule has 1 aromatic heterocycles. The van der Waals surface area contributed by atoms with E-state index in [0.717, 1.165) is 11.3 Å². The average Bonchev–Trinajstić information content (AvgIpc) is 2.87. The average molecular weight is 303 g/mol. The van der Waals surface area contributed by atoms with E-state index in [9.17, 15) is 15.0 Å². The highest BCUT2D eigenvalue weighted by atomic mass is 16.3. The van der Waals surface area contributed by atoms with Gasteiger partial charge in [0.25, 0.3) is 5.91 Å². The molecule has 0 saturated carbocycles. The molecule has 0 radical (unpaired) electrons. The number of aromatic hydroxyl groups is 1. The number of aromatic nitrogens is 2. The topological polar surface area (TPSA) is 87.4 Å². The Hall–Kier alpha value is -2.34. The molecule has 6 nitrogen and oxygen atoms in total. The number of hydrogen-bond acceptors (Lipinski definition) is 4. The number of rotatable bonds is 5. The molecule has 0 spiro atoms. The van der Waals surface area contributed by atoms with Crippen molar-refractivity contribution in [3.05, 3.63) is 41.7 Å². The van der Waals surface area contributed by atoms with Crippen LogP contribution in [0.15, 0.2) is 30.5 Å². The van der Waals surface area contributed by atoms with Crippen LogP contribution in [0.5, 0.6) is 5.75 Å². The second kappa shape index (κ2) is 6.62. The van der Waals surface area contributed by atoms with Crippen LogP contribution in [0.4, 0.5) is 0 Å². The van der Waals surface area contributed by atoms with Gasteiger partial charge in [0, 0.05) is 6.54 Å². The SMILES string of the molecule is CC(O)CNC(=O)c1nn(-c2cccc(C(C)C)c2)cc1O. The fraction of sp³-hybridized carbons (Fsp3) is 0.375. The van der Waals surface area contributed by atoms with Gasteiger partial charge in [0.1, 0.15) is 0 Å². The number of carbonyl (C=O) groups excluding carboxylic acids is 1. The van der Waals surface area contributed by atoms with Crippen LogP contribution in [0.1, 0.15) is 42.7 Å². The van der Waals surface area contributed by atoms with Crippen molar-refractivity contribution in [2.45, 2.75) is 32.8 Å². The minimum absolute atomic E-state index is 0.0596. The van der Waals surface area contributed by atoms with Crippen molar-refractivity contribution in [2.24, 2.45) is 0 Å². The van der Waals surface area contributed by atoms with Gasteiger partial charge in [-0.05, 0) is 30.5 Å². The summed E-state index contributed by atoms with van der Waals surface area (Å²) in [6.45, 7) is 5.85. The highest BCUT2D eigenvalue weighted by Crippen LogP contribution is 2.21. The van der Waals surface area contributed by atoms with Gasteiger partial charge in [-0.15, -0.1) is 0 Å². The quantitative estimate of drug-likeness (QED) is 0.786. The van der Waals surface area contributed by atoms with E-state index in [0.29, 0.717) is 5.92 Å². The van der Waals surface area contributed by atoms with Crippen LogP contribution < -0.4 is 5.32 Å². The minimum Gasteiger partial charge on any atom is -0.504 e. The van der Waals surface area contributed by atoms with Gasteiger partial charge in [0.2, 0.25) is 0 Å². The minimum atomic E-state index is -0.657. The maximum atomic E-state index is 11.9. The zero-order valence-electron chi connectivity index (χ0n) is 12.9. The summed E-state index contributed by atoms with van der Waals surface area (Å²) in [7, 11) is 0. The van der Waals surface area contributed by atoms with Crippen LogP contribution in [0.3, 0.4) is 0 Å². The maximum absolute atomic E-state index is 11.9. The summed E-state index contributed by atoms with van der Waals surface area (Å²) in [5.74, 6) is -0.340. The predicted molar refractivity (Wildman–Crippen MR) is 83.3 cm³/mol. The summed E-state index contributed by atoms with van der Waals surface area (Å²) in [5.41, 5.74) is 1.86. The summed E-state index contributed by atoms with van der Waals surface area (Å²) in [6, 6.07) is 7.76. The van der Waals surface area contributed by atoms with E-state index in [2.05, 4.69) is 24.3 Å². The van der Waals surface area contributed by atoms with Crippen LogP contribution in [0.2, 0.25) is 0 Å². The molecule has 0 bridgehead atoms. The zero-order valence-corrected chi connectivity index (χ0v) is 12.9. The van der Waals surface area contributed by atoms with E-state index < -0.39 is 12.0 Å². The van der Waals surface area contributed by atoms with Gasteiger partial charge in [-0.2, -0.15) is 5.10 Å². The standard InChI is InChI=1S/C16H21N3O3/c1-10(2)12-5-4-6-13(7-12)19-9-14(21)15(18-19)16(22)17-8-11(3)20/h4-7,9-11,20-21H,8H2,1-3H3,(H,17,22). The van der Waals surface area contributed by atoms with E-state index in [1.165, 1.54) is 10.9 Å². The fourth-order valence-electron chi connectivity index (χ4n) is 2.01. The highest BCUT2D eigenvalue weighted by molar-refractivity contribution is 5.94. The first-order valence-electron chi connectivity index (χ1n) is 7.23. The van der Waals surface area contributed by atoms with E-state index in [1.54, 1.807) is 6.92 Å². The molecule has 2 rings (SSSR count). The van der Waals surface area contributed by atoms with Crippen LogP contribution in [0, 0.1) is 0 Å². The molecular formula is C16H21N3O3. The van der Waals surface area contributed by atoms with Crippen LogP contribution >= 0.6 is 0 Å². The summed E-state index contributed by atoms with van der Waals surface area (Å²) in [6.07, 6.45) is 0.743. The molecular weight excluding hydrogens is 282 g/mol. The lowest BCUT2D eigenvalue weighted by Gasteiger charge is -2.08. The number of carbonyl (C=O) groups is 1. The Balaban J connectivity index is 2.26. The van der Waals surface area contributed by atoms with E-state index in [1.807, 2.05) is 24.3 Å². The number of benzene rings is 1. The Labute approximate surface area is 129 Å². The summed E-state index contributed by atoms with van der Waals surface area (Å²) < 4.78 is 1.47. The molecule has 1 unspecified atom stereocenters. The Morgan fingerprint density at radius 1 is 1.36 bits per heavy atom. The molecule has 0 saturated heterocycles. The molecule has 22 heavy (non-hydrogen) atoms. The van der Waals surface area contributed by atoms with Gasteiger partial charge in [-0.1, -0.05) is 26.0 Å². The predicted octanol–water partition coefficient (Wildman–Crippen LogP) is 1.81. The molecule has 118 valence electrons. The van der Waals surface area contributed by atoms with E-state index in [-0.39, 0.29) is 18.0 Å². The molecule has 0 fully saturated rings. The lowest BCUT2D eigenvalue weighted by Crippen LogP contribution is -2.30. The summed E-state index contributed by atoms with van der Waals surface area (Å²) in [5, 5.41) is 25.7. The molecule has 1 aromatic carbocycles. The van der Waals surface area contributed by atoms with Gasteiger partial charge in [-0.3, -0.25) is 4.79 Å². The number of aliphatic hydroxyl groups excluding tert-OH is 1. The maximum Gasteiger partial charge on any atom is 0.275 e. The van der Waals surface area contributed by atoms with Crippen LogP contribution in [0.25, 0.3) is 5.69 Å². The Kier molecular flexibility index (Phi) is 4.82. The Morgan fingerprint density at radius 3 is 2.73 bits per heavy atom. The van der Waals surface area contributed by atoms with Crippen molar-refractivity contribution in [3.63, 3.8) is 0 Å². The number of nitrogens with one attached hydrogen (secondary N) is 1. The molecule has 1 heterocycles. The smallest absolute Gasteiger partial charge is 0.275 e. The highest BCUT2D eigenvalue weighted by Gasteiger charge is 2.17.